The Bertz CT molecular complexity index is 335. The van der Waals surface area contributed by atoms with Gasteiger partial charge in [0.15, 0.2) is 0 Å². The third-order valence-electron chi connectivity index (χ3n) is 3.91. The molecule has 4 nitrogen and oxygen atoms in total. The van der Waals surface area contributed by atoms with Gasteiger partial charge in [-0.2, -0.15) is 0 Å². The zero-order valence-electron chi connectivity index (χ0n) is 9.80. The Labute approximate surface area is 97.7 Å². The molecule has 0 bridgehead atoms. The van der Waals surface area contributed by atoms with Crippen molar-refractivity contribution >= 4 is 10.0 Å². The minimum Gasteiger partial charge on any atom is -0.393 e. The summed E-state index contributed by atoms with van der Waals surface area (Å²) in [5.74, 6) is 0.0601. The highest BCUT2D eigenvalue weighted by atomic mass is 32.2. The molecule has 1 aliphatic heterocycles. The standard InChI is InChI=1S/C11H21NO3S/c1-9-8-12(7-6-11(9)13)16(14,15)10-4-2-3-5-10/h9-11,13H,2-8H2,1H3. The summed E-state index contributed by atoms with van der Waals surface area (Å²) in [4.78, 5) is 0. The predicted molar refractivity (Wildman–Crippen MR) is 62.5 cm³/mol. The van der Waals surface area contributed by atoms with Gasteiger partial charge in [0.2, 0.25) is 10.0 Å². The Morgan fingerprint density at radius 2 is 1.81 bits per heavy atom. The molecular formula is C11H21NO3S. The van der Waals surface area contributed by atoms with Crippen molar-refractivity contribution in [1.82, 2.24) is 4.31 Å². The highest BCUT2D eigenvalue weighted by molar-refractivity contribution is 7.89. The van der Waals surface area contributed by atoms with Crippen LogP contribution >= 0.6 is 0 Å². The molecule has 1 aliphatic carbocycles. The summed E-state index contributed by atoms with van der Waals surface area (Å²) < 4.78 is 26.2. The van der Waals surface area contributed by atoms with Gasteiger partial charge >= 0.3 is 0 Å². The van der Waals surface area contributed by atoms with Crippen molar-refractivity contribution in [2.45, 2.75) is 50.4 Å². The Hall–Kier alpha value is -0.130. The van der Waals surface area contributed by atoms with Gasteiger partial charge in [0, 0.05) is 13.1 Å². The fourth-order valence-corrected chi connectivity index (χ4v) is 4.88. The van der Waals surface area contributed by atoms with Crippen LogP contribution in [-0.2, 0) is 10.0 Å². The van der Waals surface area contributed by atoms with Crippen molar-refractivity contribution in [3.8, 4) is 0 Å². The summed E-state index contributed by atoms with van der Waals surface area (Å²) in [6, 6.07) is 0. The van der Waals surface area contributed by atoms with Crippen LogP contribution in [0.25, 0.3) is 0 Å². The number of sulfonamides is 1. The molecule has 2 unspecified atom stereocenters. The number of hydrogen-bond acceptors (Lipinski definition) is 3. The lowest BCUT2D eigenvalue weighted by molar-refractivity contribution is 0.0625. The van der Waals surface area contributed by atoms with E-state index in [-0.39, 0.29) is 17.3 Å². The van der Waals surface area contributed by atoms with E-state index in [2.05, 4.69) is 0 Å². The number of hydrogen-bond donors (Lipinski definition) is 1. The normalized spacial score (nSPS) is 34.4. The highest BCUT2D eigenvalue weighted by Gasteiger charge is 2.37. The number of rotatable bonds is 2. The molecule has 0 aromatic carbocycles. The Morgan fingerprint density at radius 1 is 1.19 bits per heavy atom. The molecule has 2 rings (SSSR count). The summed E-state index contributed by atoms with van der Waals surface area (Å²) >= 11 is 0. The molecule has 0 amide bonds. The molecule has 1 N–H and O–H groups in total. The minimum atomic E-state index is -3.10. The van der Waals surface area contributed by atoms with E-state index in [1.54, 1.807) is 4.31 Å². The van der Waals surface area contributed by atoms with Gasteiger partial charge in [-0.1, -0.05) is 19.8 Å². The first-order chi connectivity index (χ1) is 7.51. The predicted octanol–water partition coefficient (Wildman–Crippen LogP) is 0.962. The summed E-state index contributed by atoms with van der Waals surface area (Å²) in [5, 5.41) is 9.45. The summed E-state index contributed by atoms with van der Waals surface area (Å²) in [6.45, 7) is 2.89. The molecule has 16 heavy (non-hydrogen) atoms. The minimum absolute atomic E-state index is 0.0601. The highest BCUT2D eigenvalue weighted by Crippen LogP contribution is 2.29. The molecule has 0 aromatic heterocycles. The largest absolute Gasteiger partial charge is 0.393 e. The van der Waals surface area contributed by atoms with Gasteiger partial charge in [0.1, 0.15) is 0 Å². The molecule has 2 atom stereocenters. The lowest BCUT2D eigenvalue weighted by atomic mass is 9.99. The maximum Gasteiger partial charge on any atom is 0.216 e. The van der Waals surface area contributed by atoms with Crippen molar-refractivity contribution in [1.29, 1.82) is 0 Å². The van der Waals surface area contributed by atoms with Crippen molar-refractivity contribution in [2.24, 2.45) is 5.92 Å². The molecule has 2 aliphatic rings. The smallest absolute Gasteiger partial charge is 0.216 e. The van der Waals surface area contributed by atoms with E-state index in [0.29, 0.717) is 19.5 Å². The van der Waals surface area contributed by atoms with E-state index in [0.717, 1.165) is 25.7 Å². The molecule has 0 aromatic rings. The second-order valence-electron chi connectivity index (χ2n) is 5.14. The fourth-order valence-electron chi connectivity index (χ4n) is 2.72. The summed E-state index contributed by atoms with van der Waals surface area (Å²) in [6.07, 6.45) is 3.94. The number of aliphatic hydroxyl groups is 1. The number of piperidine rings is 1. The van der Waals surface area contributed by atoms with Crippen molar-refractivity contribution < 1.29 is 13.5 Å². The van der Waals surface area contributed by atoms with Crippen LogP contribution in [0.5, 0.6) is 0 Å². The van der Waals surface area contributed by atoms with Crippen LogP contribution in [0.1, 0.15) is 39.0 Å². The molecule has 2 fully saturated rings. The van der Waals surface area contributed by atoms with Crippen molar-refractivity contribution in [2.75, 3.05) is 13.1 Å². The van der Waals surface area contributed by atoms with Gasteiger partial charge in [-0.25, -0.2) is 12.7 Å². The van der Waals surface area contributed by atoms with Crippen LogP contribution < -0.4 is 0 Å². The van der Waals surface area contributed by atoms with E-state index in [4.69, 9.17) is 0 Å². The van der Waals surface area contributed by atoms with E-state index >= 15 is 0 Å². The summed E-state index contributed by atoms with van der Waals surface area (Å²) in [7, 11) is -3.10. The van der Waals surface area contributed by atoms with Gasteiger partial charge in [-0.15, -0.1) is 0 Å². The van der Waals surface area contributed by atoms with Crippen LogP contribution in [0.3, 0.4) is 0 Å². The second kappa shape index (κ2) is 4.63. The molecule has 94 valence electrons. The lowest BCUT2D eigenvalue weighted by Crippen LogP contribution is -2.47. The monoisotopic (exact) mass is 247 g/mol. The topological polar surface area (TPSA) is 57.6 Å². The van der Waals surface area contributed by atoms with Crippen LogP contribution in [0.15, 0.2) is 0 Å². The van der Waals surface area contributed by atoms with Gasteiger partial charge in [0.05, 0.1) is 11.4 Å². The summed E-state index contributed by atoms with van der Waals surface area (Å²) in [5.41, 5.74) is 0. The molecule has 1 saturated carbocycles. The second-order valence-corrected chi connectivity index (χ2v) is 7.36. The Balaban J connectivity index is 2.06. The first-order valence-corrected chi connectivity index (χ1v) is 7.69. The van der Waals surface area contributed by atoms with Crippen LogP contribution in [0.4, 0.5) is 0 Å². The lowest BCUT2D eigenvalue weighted by Gasteiger charge is -2.35. The first-order valence-electron chi connectivity index (χ1n) is 6.19. The molecule has 5 heteroatoms. The van der Waals surface area contributed by atoms with Gasteiger partial charge < -0.3 is 5.11 Å². The SMILES string of the molecule is CC1CN(S(=O)(=O)C2CCCC2)CCC1O. The van der Waals surface area contributed by atoms with Crippen LogP contribution in [-0.4, -0.2) is 42.3 Å². The van der Waals surface area contributed by atoms with Crippen molar-refractivity contribution in [3.05, 3.63) is 0 Å². The molecule has 0 radical (unpaired) electrons. The maximum absolute atomic E-state index is 12.3. The third kappa shape index (κ3) is 2.26. The average Bonchev–Trinajstić information content (AvgIpc) is 2.75. The molecule has 1 heterocycles. The molecular weight excluding hydrogens is 226 g/mol. The van der Waals surface area contributed by atoms with Crippen molar-refractivity contribution in [3.63, 3.8) is 0 Å². The van der Waals surface area contributed by atoms with E-state index < -0.39 is 10.0 Å². The van der Waals surface area contributed by atoms with E-state index in [9.17, 15) is 13.5 Å². The average molecular weight is 247 g/mol. The molecule has 1 saturated heterocycles. The van der Waals surface area contributed by atoms with Crippen LogP contribution in [0.2, 0.25) is 0 Å². The fraction of sp³-hybridized carbons (Fsp3) is 1.00. The number of aliphatic hydroxyl groups excluding tert-OH is 1. The van der Waals surface area contributed by atoms with Gasteiger partial charge in [-0.3, -0.25) is 0 Å². The number of nitrogens with zero attached hydrogens (tertiary/aromatic N) is 1. The maximum atomic E-state index is 12.3. The van der Waals surface area contributed by atoms with Gasteiger partial charge in [-0.05, 0) is 25.2 Å². The van der Waals surface area contributed by atoms with E-state index in [1.807, 2.05) is 6.92 Å². The quantitative estimate of drug-likeness (QED) is 0.791. The Kier molecular flexibility index (Phi) is 3.56. The zero-order chi connectivity index (χ0) is 11.8. The van der Waals surface area contributed by atoms with E-state index in [1.165, 1.54) is 0 Å². The van der Waals surface area contributed by atoms with Crippen LogP contribution in [0, 0.1) is 5.92 Å². The zero-order valence-corrected chi connectivity index (χ0v) is 10.6. The first kappa shape index (κ1) is 12.3. The van der Waals surface area contributed by atoms with Gasteiger partial charge in [0.25, 0.3) is 0 Å². The molecule has 0 spiro atoms. The Morgan fingerprint density at radius 3 is 2.38 bits per heavy atom. The third-order valence-corrected chi connectivity index (χ3v) is 6.27.